The van der Waals surface area contributed by atoms with Crippen LogP contribution < -0.4 is 15.5 Å². The van der Waals surface area contributed by atoms with E-state index in [9.17, 15) is 9.59 Å². The summed E-state index contributed by atoms with van der Waals surface area (Å²) in [5.74, 6) is 6.01. The SMILES string of the molecule is O=C(Nc1cccc(C#Cc2ccccc2)c1)c1ccc(N2CCNC2=O)cc1. The van der Waals surface area contributed by atoms with Crippen molar-refractivity contribution in [2.45, 2.75) is 0 Å². The minimum Gasteiger partial charge on any atom is -0.336 e. The number of carbonyl (C=O) groups excluding carboxylic acids is 2. The van der Waals surface area contributed by atoms with Crippen LogP contribution in [0.25, 0.3) is 0 Å². The van der Waals surface area contributed by atoms with Gasteiger partial charge in [0.25, 0.3) is 5.91 Å². The molecule has 3 aromatic carbocycles. The van der Waals surface area contributed by atoms with E-state index in [1.807, 2.05) is 54.6 Å². The van der Waals surface area contributed by atoms with Gasteiger partial charge in [-0.05, 0) is 54.6 Å². The Kier molecular flexibility index (Phi) is 5.26. The molecule has 1 aliphatic heterocycles. The van der Waals surface area contributed by atoms with Crippen LogP contribution in [0.1, 0.15) is 21.5 Å². The number of anilines is 2. The van der Waals surface area contributed by atoms with Crippen LogP contribution in [0.4, 0.5) is 16.2 Å². The third kappa shape index (κ3) is 4.45. The van der Waals surface area contributed by atoms with Crippen molar-refractivity contribution < 1.29 is 9.59 Å². The molecule has 0 bridgehead atoms. The van der Waals surface area contributed by atoms with Gasteiger partial charge in [0, 0.05) is 41.2 Å². The summed E-state index contributed by atoms with van der Waals surface area (Å²) in [6, 6.07) is 24.1. The van der Waals surface area contributed by atoms with Crippen molar-refractivity contribution in [3.63, 3.8) is 0 Å². The predicted octanol–water partition coefficient (Wildman–Crippen LogP) is 3.87. The molecule has 5 nitrogen and oxygen atoms in total. The van der Waals surface area contributed by atoms with Crippen molar-refractivity contribution in [2.75, 3.05) is 23.3 Å². The summed E-state index contributed by atoms with van der Waals surface area (Å²) in [5.41, 5.74) is 3.73. The van der Waals surface area contributed by atoms with Crippen LogP contribution in [0.5, 0.6) is 0 Å². The molecule has 1 fully saturated rings. The number of benzene rings is 3. The van der Waals surface area contributed by atoms with Gasteiger partial charge in [-0.3, -0.25) is 9.69 Å². The maximum atomic E-state index is 12.6. The fourth-order valence-corrected chi connectivity index (χ4v) is 3.05. The average molecular weight is 381 g/mol. The Labute approximate surface area is 169 Å². The Bertz CT molecular complexity index is 1100. The zero-order valence-electron chi connectivity index (χ0n) is 15.7. The first-order chi connectivity index (χ1) is 14.2. The highest BCUT2D eigenvalue weighted by Crippen LogP contribution is 2.18. The Morgan fingerprint density at radius 3 is 2.34 bits per heavy atom. The van der Waals surface area contributed by atoms with Crippen LogP contribution in [-0.2, 0) is 0 Å². The lowest BCUT2D eigenvalue weighted by atomic mass is 10.1. The largest absolute Gasteiger partial charge is 0.336 e. The van der Waals surface area contributed by atoms with E-state index in [0.717, 1.165) is 16.8 Å². The summed E-state index contributed by atoms with van der Waals surface area (Å²) in [5, 5.41) is 5.66. The van der Waals surface area contributed by atoms with Gasteiger partial charge in [0.15, 0.2) is 0 Å². The van der Waals surface area contributed by atoms with Crippen LogP contribution in [0.3, 0.4) is 0 Å². The second kappa shape index (κ2) is 8.32. The molecule has 5 heteroatoms. The summed E-state index contributed by atoms with van der Waals surface area (Å²) >= 11 is 0. The molecule has 0 aromatic heterocycles. The van der Waals surface area contributed by atoms with Crippen molar-refractivity contribution in [3.05, 3.63) is 95.6 Å². The first-order valence-corrected chi connectivity index (χ1v) is 9.33. The van der Waals surface area contributed by atoms with Gasteiger partial charge < -0.3 is 10.6 Å². The highest BCUT2D eigenvalue weighted by atomic mass is 16.2. The minimum absolute atomic E-state index is 0.115. The molecule has 0 aliphatic carbocycles. The van der Waals surface area contributed by atoms with E-state index in [1.165, 1.54) is 0 Å². The van der Waals surface area contributed by atoms with E-state index >= 15 is 0 Å². The summed E-state index contributed by atoms with van der Waals surface area (Å²) < 4.78 is 0. The van der Waals surface area contributed by atoms with Gasteiger partial charge in [0.1, 0.15) is 0 Å². The molecule has 1 saturated heterocycles. The molecule has 0 spiro atoms. The molecule has 0 atom stereocenters. The Morgan fingerprint density at radius 1 is 0.897 bits per heavy atom. The maximum Gasteiger partial charge on any atom is 0.321 e. The Morgan fingerprint density at radius 2 is 1.62 bits per heavy atom. The minimum atomic E-state index is -0.212. The number of nitrogens with zero attached hydrogens (tertiary/aromatic N) is 1. The van der Waals surface area contributed by atoms with E-state index in [2.05, 4.69) is 22.5 Å². The van der Waals surface area contributed by atoms with Crippen molar-refractivity contribution in [1.82, 2.24) is 5.32 Å². The Hall–Kier alpha value is -4.04. The van der Waals surface area contributed by atoms with Crippen LogP contribution >= 0.6 is 0 Å². The molecule has 1 heterocycles. The second-order valence-corrected chi connectivity index (χ2v) is 6.58. The van der Waals surface area contributed by atoms with E-state index in [1.54, 1.807) is 29.2 Å². The van der Waals surface area contributed by atoms with Crippen LogP contribution in [0.2, 0.25) is 0 Å². The first-order valence-electron chi connectivity index (χ1n) is 9.33. The summed E-state index contributed by atoms with van der Waals surface area (Å²) in [7, 11) is 0. The van der Waals surface area contributed by atoms with E-state index in [4.69, 9.17) is 0 Å². The van der Waals surface area contributed by atoms with Crippen molar-refractivity contribution in [3.8, 4) is 11.8 Å². The lowest BCUT2D eigenvalue weighted by Gasteiger charge is -2.14. The molecule has 142 valence electrons. The van der Waals surface area contributed by atoms with Gasteiger partial charge in [-0.25, -0.2) is 4.79 Å². The third-order valence-corrected chi connectivity index (χ3v) is 4.54. The van der Waals surface area contributed by atoms with Crippen LogP contribution in [0, 0.1) is 11.8 Å². The smallest absolute Gasteiger partial charge is 0.321 e. The normalized spacial score (nSPS) is 12.7. The number of carbonyl (C=O) groups is 2. The molecule has 0 unspecified atom stereocenters. The predicted molar refractivity (Wildman–Crippen MR) is 114 cm³/mol. The zero-order valence-corrected chi connectivity index (χ0v) is 15.7. The third-order valence-electron chi connectivity index (χ3n) is 4.54. The zero-order chi connectivity index (χ0) is 20.1. The van der Waals surface area contributed by atoms with E-state index < -0.39 is 0 Å². The molecular formula is C24H19N3O2. The molecule has 1 aliphatic rings. The van der Waals surface area contributed by atoms with Crippen molar-refractivity contribution >= 4 is 23.3 Å². The first kappa shape index (κ1) is 18.3. The number of urea groups is 1. The van der Waals surface area contributed by atoms with E-state index in [0.29, 0.717) is 24.3 Å². The Balaban J connectivity index is 1.44. The van der Waals surface area contributed by atoms with Crippen molar-refractivity contribution in [2.24, 2.45) is 0 Å². The molecular weight excluding hydrogens is 362 g/mol. The fraction of sp³-hybridized carbons (Fsp3) is 0.0833. The lowest BCUT2D eigenvalue weighted by Crippen LogP contribution is -2.27. The summed E-state index contributed by atoms with van der Waals surface area (Å²) in [6.45, 7) is 1.26. The van der Waals surface area contributed by atoms with Gasteiger partial charge in [-0.15, -0.1) is 0 Å². The van der Waals surface area contributed by atoms with E-state index in [-0.39, 0.29) is 11.9 Å². The molecule has 0 saturated carbocycles. The molecule has 3 aromatic rings. The standard InChI is InChI=1S/C24H19N3O2/c28-23(20-11-13-22(14-12-20)27-16-15-25-24(27)29)26-21-8-4-7-19(17-21)10-9-18-5-2-1-3-6-18/h1-8,11-14,17H,15-16H2,(H,25,29)(H,26,28). The summed E-state index contributed by atoms with van der Waals surface area (Å²) in [4.78, 5) is 25.9. The van der Waals surface area contributed by atoms with Crippen LogP contribution in [0.15, 0.2) is 78.9 Å². The van der Waals surface area contributed by atoms with Gasteiger partial charge in [0.2, 0.25) is 0 Å². The molecule has 29 heavy (non-hydrogen) atoms. The van der Waals surface area contributed by atoms with Crippen molar-refractivity contribution in [1.29, 1.82) is 0 Å². The van der Waals surface area contributed by atoms with Gasteiger partial charge >= 0.3 is 6.03 Å². The molecule has 2 N–H and O–H groups in total. The number of hydrogen-bond donors (Lipinski definition) is 2. The number of amides is 3. The summed E-state index contributed by atoms with van der Waals surface area (Å²) in [6.07, 6.45) is 0. The topological polar surface area (TPSA) is 61.4 Å². The van der Waals surface area contributed by atoms with Gasteiger partial charge in [0.05, 0.1) is 0 Å². The van der Waals surface area contributed by atoms with Gasteiger partial charge in [-0.2, -0.15) is 0 Å². The molecule has 0 radical (unpaired) electrons. The maximum absolute atomic E-state index is 12.6. The lowest BCUT2D eigenvalue weighted by molar-refractivity contribution is 0.102. The quantitative estimate of drug-likeness (QED) is 0.677. The molecule has 3 amide bonds. The average Bonchev–Trinajstić information content (AvgIpc) is 3.19. The monoisotopic (exact) mass is 381 g/mol. The highest BCUT2D eigenvalue weighted by molar-refractivity contribution is 6.04. The molecule has 4 rings (SSSR count). The number of hydrogen-bond acceptors (Lipinski definition) is 2. The number of rotatable bonds is 3. The second-order valence-electron chi connectivity index (χ2n) is 6.58. The highest BCUT2D eigenvalue weighted by Gasteiger charge is 2.21. The van der Waals surface area contributed by atoms with Crippen LogP contribution in [-0.4, -0.2) is 25.0 Å². The van der Waals surface area contributed by atoms with Gasteiger partial charge in [-0.1, -0.05) is 36.1 Å². The fourth-order valence-electron chi connectivity index (χ4n) is 3.05. The number of nitrogens with one attached hydrogen (secondary N) is 2.